The molecule has 216 valence electrons. The fraction of sp³-hybridized carbons (Fsp3) is 0.464. The first-order chi connectivity index (χ1) is 19.0. The first-order valence-corrected chi connectivity index (χ1v) is 12.8. The van der Waals surface area contributed by atoms with Crippen molar-refractivity contribution >= 4 is 23.8 Å². The summed E-state index contributed by atoms with van der Waals surface area (Å²) in [6, 6.07) is 6.05. The van der Waals surface area contributed by atoms with E-state index in [1.165, 1.54) is 31.5 Å². The fourth-order valence-corrected chi connectivity index (χ4v) is 4.01. The molecule has 0 radical (unpaired) electrons. The number of rotatable bonds is 8. The van der Waals surface area contributed by atoms with Crippen LogP contribution in [0.3, 0.4) is 0 Å². The van der Waals surface area contributed by atoms with Gasteiger partial charge in [-0.2, -0.15) is 0 Å². The topological polar surface area (TPSA) is 139 Å². The predicted octanol–water partition coefficient (Wildman–Crippen LogP) is 2.78. The van der Waals surface area contributed by atoms with Crippen LogP contribution in [-0.4, -0.2) is 66.9 Å². The van der Waals surface area contributed by atoms with Crippen LogP contribution in [0.5, 0.6) is 11.5 Å². The van der Waals surface area contributed by atoms with Gasteiger partial charge in [0.2, 0.25) is 5.75 Å². The standard InChI is InChI=1S/C28H33FN2O9/c1-15(2)27(34)40-24-16(3)38-28(35)20(11-13-37-22(24)14-18-6-8-19(29)9-7-18)31-26(33)23-25(39-17(4)32)21(36-5)10-12-30-23/h6-10,12,15-16,20,22,24H,11,13-14H2,1-5H3,(H,31,33)/t16-,20-,22+,24-/m0/s1. The quantitative estimate of drug-likeness (QED) is 0.480. The molecule has 2 aromatic rings. The van der Waals surface area contributed by atoms with Gasteiger partial charge in [-0.25, -0.2) is 14.2 Å². The van der Waals surface area contributed by atoms with Crippen LogP contribution in [0.4, 0.5) is 4.39 Å². The number of carbonyl (C=O) groups excluding carboxylic acids is 4. The molecular weight excluding hydrogens is 527 g/mol. The summed E-state index contributed by atoms with van der Waals surface area (Å²) < 4.78 is 41.2. The predicted molar refractivity (Wildman–Crippen MR) is 138 cm³/mol. The van der Waals surface area contributed by atoms with Gasteiger partial charge in [-0.1, -0.05) is 26.0 Å². The molecule has 40 heavy (non-hydrogen) atoms. The molecule has 1 saturated heterocycles. The SMILES string of the molecule is COc1ccnc(C(=O)N[C@H]2CCO[C@H](Cc3ccc(F)cc3)[C@@H](OC(=O)C(C)C)[C@H](C)OC2=O)c1OC(C)=O. The van der Waals surface area contributed by atoms with Crippen LogP contribution in [0.1, 0.15) is 50.2 Å². The van der Waals surface area contributed by atoms with E-state index in [9.17, 15) is 23.6 Å². The van der Waals surface area contributed by atoms with Crippen LogP contribution >= 0.6 is 0 Å². The highest BCUT2D eigenvalue weighted by Gasteiger charge is 2.38. The zero-order chi connectivity index (χ0) is 29.4. The minimum absolute atomic E-state index is 0.00885. The van der Waals surface area contributed by atoms with Crippen molar-refractivity contribution in [2.75, 3.05) is 13.7 Å². The lowest BCUT2D eigenvalue weighted by atomic mass is 10.00. The van der Waals surface area contributed by atoms with Gasteiger partial charge in [0, 0.05) is 38.6 Å². The molecule has 0 unspecified atom stereocenters. The van der Waals surface area contributed by atoms with Gasteiger partial charge in [0.25, 0.3) is 5.91 Å². The zero-order valence-corrected chi connectivity index (χ0v) is 23.0. The lowest BCUT2D eigenvalue weighted by molar-refractivity contribution is -0.179. The number of nitrogens with one attached hydrogen (secondary N) is 1. The molecule has 12 heteroatoms. The van der Waals surface area contributed by atoms with E-state index in [0.29, 0.717) is 0 Å². The Bertz CT molecular complexity index is 1220. The number of ether oxygens (including phenoxy) is 5. The molecule has 4 atom stereocenters. The van der Waals surface area contributed by atoms with E-state index in [4.69, 9.17) is 23.7 Å². The summed E-state index contributed by atoms with van der Waals surface area (Å²) in [5.74, 6) is -3.74. The Hall–Kier alpha value is -4.06. The first-order valence-electron chi connectivity index (χ1n) is 12.8. The summed E-state index contributed by atoms with van der Waals surface area (Å²) in [6.45, 7) is 6.05. The molecule has 1 aliphatic rings. The maximum atomic E-state index is 13.5. The number of hydrogen-bond acceptors (Lipinski definition) is 10. The third-order valence-corrected chi connectivity index (χ3v) is 6.08. The number of esters is 3. The molecule has 1 fully saturated rings. The van der Waals surface area contributed by atoms with Gasteiger partial charge in [0.05, 0.1) is 13.0 Å². The van der Waals surface area contributed by atoms with Gasteiger partial charge in [0.1, 0.15) is 24.1 Å². The number of benzene rings is 1. The van der Waals surface area contributed by atoms with E-state index >= 15 is 0 Å². The Morgan fingerprint density at radius 3 is 2.50 bits per heavy atom. The van der Waals surface area contributed by atoms with Gasteiger partial charge in [-0.05, 0) is 24.6 Å². The average Bonchev–Trinajstić information content (AvgIpc) is 2.95. The third kappa shape index (κ3) is 7.98. The third-order valence-electron chi connectivity index (χ3n) is 6.08. The normalized spacial score (nSPS) is 21.3. The average molecular weight is 561 g/mol. The second-order valence-electron chi connectivity index (χ2n) is 9.54. The molecule has 1 aromatic heterocycles. The van der Waals surface area contributed by atoms with Crippen LogP contribution in [0.25, 0.3) is 0 Å². The molecule has 2 heterocycles. The van der Waals surface area contributed by atoms with Crippen molar-refractivity contribution in [3.63, 3.8) is 0 Å². The Balaban J connectivity index is 1.85. The second kappa shape index (κ2) is 13.8. The first kappa shape index (κ1) is 30.5. The summed E-state index contributed by atoms with van der Waals surface area (Å²) in [5, 5.41) is 2.56. The molecular formula is C28H33FN2O9. The van der Waals surface area contributed by atoms with Crippen molar-refractivity contribution in [2.24, 2.45) is 5.92 Å². The van der Waals surface area contributed by atoms with Gasteiger partial charge in [-0.15, -0.1) is 0 Å². The highest BCUT2D eigenvalue weighted by atomic mass is 19.1. The van der Waals surface area contributed by atoms with E-state index in [0.717, 1.165) is 12.5 Å². The Morgan fingerprint density at radius 1 is 1.18 bits per heavy atom. The number of cyclic esters (lactones) is 1. The fourth-order valence-electron chi connectivity index (χ4n) is 4.01. The van der Waals surface area contributed by atoms with Crippen LogP contribution in [-0.2, 0) is 35.0 Å². The van der Waals surface area contributed by atoms with E-state index in [1.807, 2.05) is 0 Å². The highest BCUT2D eigenvalue weighted by Crippen LogP contribution is 2.30. The molecule has 1 N–H and O–H groups in total. The number of nitrogens with zero attached hydrogens (tertiary/aromatic N) is 1. The van der Waals surface area contributed by atoms with Crippen LogP contribution in [0.2, 0.25) is 0 Å². The summed E-state index contributed by atoms with van der Waals surface area (Å²) >= 11 is 0. The molecule has 1 aliphatic heterocycles. The van der Waals surface area contributed by atoms with Crippen molar-refractivity contribution in [1.82, 2.24) is 10.3 Å². The summed E-state index contributed by atoms with van der Waals surface area (Å²) in [7, 11) is 1.34. The number of methoxy groups -OCH3 is 1. The van der Waals surface area contributed by atoms with E-state index < -0.39 is 59.9 Å². The van der Waals surface area contributed by atoms with Gasteiger partial charge in [0.15, 0.2) is 17.5 Å². The number of pyridine rings is 1. The number of aromatic nitrogens is 1. The molecule has 11 nitrogen and oxygen atoms in total. The summed E-state index contributed by atoms with van der Waals surface area (Å²) in [5.41, 5.74) is 0.454. The number of amides is 1. The molecule has 0 bridgehead atoms. The Labute approximate surface area is 231 Å². The van der Waals surface area contributed by atoms with Crippen molar-refractivity contribution in [3.05, 3.63) is 53.6 Å². The van der Waals surface area contributed by atoms with E-state index in [-0.39, 0.29) is 36.6 Å². The minimum Gasteiger partial charge on any atom is -0.493 e. The highest BCUT2D eigenvalue weighted by molar-refractivity contribution is 5.98. The summed E-state index contributed by atoms with van der Waals surface area (Å²) in [4.78, 5) is 54.4. The van der Waals surface area contributed by atoms with Crippen LogP contribution in [0, 0.1) is 11.7 Å². The van der Waals surface area contributed by atoms with Crippen molar-refractivity contribution in [3.8, 4) is 11.5 Å². The molecule has 0 saturated carbocycles. The zero-order valence-electron chi connectivity index (χ0n) is 23.0. The smallest absolute Gasteiger partial charge is 0.329 e. The van der Waals surface area contributed by atoms with E-state index in [1.54, 1.807) is 32.9 Å². The lowest BCUT2D eigenvalue weighted by Crippen LogP contribution is -2.46. The van der Waals surface area contributed by atoms with Crippen LogP contribution < -0.4 is 14.8 Å². The molecule has 1 aromatic carbocycles. The minimum atomic E-state index is -1.17. The number of halogens is 1. The number of carbonyl (C=O) groups is 4. The van der Waals surface area contributed by atoms with Crippen molar-refractivity contribution in [1.29, 1.82) is 0 Å². The van der Waals surface area contributed by atoms with Gasteiger partial charge in [-0.3, -0.25) is 14.4 Å². The van der Waals surface area contributed by atoms with Crippen molar-refractivity contribution < 1.29 is 47.3 Å². The molecule has 1 amide bonds. The largest absolute Gasteiger partial charge is 0.493 e. The van der Waals surface area contributed by atoms with Gasteiger partial charge < -0.3 is 29.0 Å². The lowest BCUT2D eigenvalue weighted by Gasteiger charge is -2.31. The maximum absolute atomic E-state index is 13.5. The van der Waals surface area contributed by atoms with Crippen LogP contribution in [0.15, 0.2) is 36.5 Å². The van der Waals surface area contributed by atoms with Crippen molar-refractivity contribution in [2.45, 2.75) is 64.9 Å². The molecule has 0 spiro atoms. The summed E-state index contributed by atoms with van der Waals surface area (Å²) in [6.07, 6.45) is -1.12. The van der Waals surface area contributed by atoms with Gasteiger partial charge >= 0.3 is 17.9 Å². The molecule has 3 rings (SSSR count). The molecule has 0 aliphatic carbocycles. The maximum Gasteiger partial charge on any atom is 0.329 e. The second-order valence-corrected chi connectivity index (χ2v) is 9.54. The Kier molecular flexibility index (Phi) is 10.5. The van der Waals surface area contributed by atoms with E-state index in [2.05, 4.69) is 10.3 Å². The monoisotopic (exact) mass is 560 g/mol. The Morgan fingerprint density at radius 2 is 1.88 bits per heavy atom. The number of hydrogen-bond donors (Lipinski definition) is 1.